The molecule has 0 unspecified atom stereocenters. The molecule has 0 amide bonds. The second kappa shape index (κ2) is 6.69. The summed E-state index contributed by atoms with van der Waals surface area (Å²) in [5, 5.41) is 13.6. The summed E-state index contributed by atoms with van der Waals surface area (Å²) >= 11 is 0. The Hall–Kier alpha value is -3.22. The molecule has 0 fully saturated rings. The summed E-state index contributed by atoms with van der Waals surface area (Å²) in [5.41, 5.74) is 1.11. The Bertz CT molecular complexity index is 794. The van der Waals surface area contributed by atoms with Crippen LogP contribution >= 0.6 is 0 Å². The smallest absolute Gasteiger partial charge is 0.249 e. The van der Waals surface area contributed by atoms with Crippen molar-refractivity contribution in [3.63, 3.8) is 0 Å². The molecule has 116 valence electrons. The normalized spacial score (nSPS) is 10.2. The second-order valence-electron chi connectivity index (χ2n) is 4.62. The molecule has 1 aromatic heterocycles. The SMILES string of the molecule is COc1ccc(Nc2cnnc(Nc3ccccc3F)n2)cc1. The van der Waals surface area contributed by atoms with Crippen molar-refractivity contribution in [1.29, 1.82) is 0 Å². The van der Waals surface area contributed by atoms with Crippen LogP contribution in [-0.2, 0) is 0 Å². The van der Waals surface area contributed by atoms with E-state index in [0.717, 1.165) is 11.4 Å². The van der Waals surface area contributed by atoms with E-state index in [2.05, 4.69) is 25.8 Å². The van der Waals surface area contributed by atoms with E-state index in [1.54, 1.807) is 25.3 Å². The standard InChI is InChI=1S/C16H14FN5O/c1-23-12-8-6-11(7-9-12)19-15-10-18-22-16(21-15)20-14-5-3-2-4-13(14)17/h2-10H,1H3,(H2,19,20,21,22). The summed E-state index contributed by atoms with van der Waals surface area (Å²) < 4.78 is 18.7. The first kappa shape index (κ1) is 14.7. The lowest BCUT2D eigenvalue weighted by molar-refractivity contribution is 0.415. The van der Waals surface area contributed by atoms with E-state index in [4.69, 9.17) is 4.74 Å². The van der Waals surface area contributed by atoms with E-state index in [9.17, 15) is 4.39 Å². The van der Waals surface area contributed by atoms with Crippen LogP contribution in [0.5, 0.6) is 5.75 Å². The third-order valence-corrected chi connectivity index (χ3v) is 3.04. The van der Waals surface area contributed by atoms with Gasteiger partial charge in [-0.3, -0.25) is 0 Å². The first-order valence-electron chi connectivity index (χ1n) is 6.87. The van der Waals surface area contributed by atoms with Crippen molar-refractivity contribution in [1.82, 2.24) is 15.2 Å². The number of hydrogen-bond acceptors (Lipinski definition) is 6. The maximum Gasteiger partial charge on any atom is 0.249 e. The van der Waals surface area contributed by atoms with Crippen LogP contribution in [0.25, 0.3) is 0 Å². The Labute approximate surface area is 132 Å². The van der Waals surface area contributed by atoms with Gasteiger partial charge in [0, 0.05) is 5.69 Å². The summed E-state index contributed by atoms with van der Waals surface area (Å²) in [6.45, 7) is 0. The van der Waals surface area contributed by atoms with Gasteiger partial charge in [-0.05, 0) is 36.4 Å². The van der Waals surface area contributed by atoms with Crippen molar-refractivity contribution in [2.24, 2.45) is 0 Å². The Morgan fingerprint density at radius 2 is 1.78 bits per heavy atom. The van der Waals surface area contributed by atoms with Gasteiger partial charge in [-0.2, -0.15) is 10.1 Å². The fourth-order valence-corrected chi connectivity index (χ4v) is 1.92. The molecule has 0 radical (unpaired) electrons. The highest BCUT2D eigenvalue weighted by atomic mass is 19.1. The van der Waals surface area contributed by atoms with Crippen LogP contribution in [0, 0.1) is 5.82 Å². The molecular formula is C16H14FN5O. The van der Waals surface area contributed by atoms with Crippen LogP contribution in [-0.4, -0.2) is 22.3 Å². The predicted octanol–water partition coefficient (Wildman–Crippen LogP) is 3.51. The quantitative estimate of drug-likeness (QED) is 0.751. The van der Waals surface area contributed by atoms with Crippen LogP contribution < -0.4 is 15.4 Å². The van der Waals surface area contributed by atoms with Gasteiger partial charge >= 0.3 is 0 Å². The number of hydrogen-bond donors (Lipinski definition) is 2. The highest BCUT2D eigenvalue weighted by Crippen LogP contribution is 2.20. The van der Waals surface area contributed by atoms with Crippen LogP contribution in [0.1, 0.15) is 0 Å². The minimum absolute atomic E-state index is 0.202. The zero-order valence-electron chi connectivity index (χ0n) is 12.3. The average molecular weight is 311 g/mol. The number of methoxy groups -OCH3 is 1. The number of para-hydroxylation sites is 1. The molecule has 0 saturated heterocycles. The van der Waals surface area contributed by atoms with Crippen molar-refractivity contribution in [3.05, 3.63) is 60.5 Å². The molecule has 7 heteroatoms. The highest BCUT2D eigenvalue weighted by molar-refractivity contribution is 5.59. The number of anilines is 4. The molecule has 0 saturated carbocycles. The van der Waals surface area contributed by atoms with Gasteiger partial charge in [-0.1, -0.05) is 12.1 Å². The van der Waals surface area contributed by atoms with E-state index in [1.807, 2.05) is 24.3 Å². The zero-order valence-corrected chi connectivity index (χ0v) is 12.3. The van der Waals surface area contributed by atoms with Gasteiger partial charge in [0.25, 0.3) is 0 Å². The lowest BCUT2D eigenvalue weighted by atomic mass is 10.3. The number of ether oxygens (including phenoxy) is 1. The molecule has 3 aromatic rings. The lowest BCUT2D eigenvalue weighted by Gasteiger charge is -2.08. The van der Waals surface area contributed by atoms with E-state index in [0.29, 0.717) is 5.82 Å². The van der Waals surface area contributed by atoms with Crippen molar-refractivity contribution in [2.45, 2.75) is 0 Å². The number of nitrogens with zero attached hydrogens (tertiary/aromatic N) is 3. The Kier molecular flexibility index (Phi) is 4.28. The molecule has 0 spiro atoms. The molecule has 0 aliphatic heterocycles. The summed E-state index contributed by atoms with van der Waals surface area (Å²) in [5.74, 6) is 1.07. The van der Waals surface area contributed by atoms with Crippen LogP contribution in [0.4, 0.5) is 27.5 Å². The van der Waals surface area contributed by atoms with E-state index >= 15 is 0 Å². The van der Waals surface area contributed by atoms with Crippen molar-refractivity contribution in [3.8, 4) is 5.75 Å². The third-order valence-electron chi connectivity index (χ3n) is 3.04. The fraction of sp³-hybridized carbons (Fsp3) is 0.0625. The van der Waals surface area contributed by atoms with Gasteiger partial charge in [-0.25, -0.2) is 4.39 Å². The van der Waals surface area contributed by atoms with E-state index in [1.165, 1.54) is 12.3 Å². The van der Waals surface area contributed by atoms with Gasteiger partial charge < -0.3 is 15.4 Å². The number of nitrogens with one attached hydrogen (secondary N) is 2. The fourth-order valence-electron chi connectivity index (χ4n) is 1.92. The third kappa shape index (κ3) is 3.70. The van der Waals surface area contributed by atoms with Crippen LogP contribution in [0.2, 0.25) is 0 Å². The summed E-state index contributed by atoms with van der Waals surface area (Å²) in [4.78, 5) is 4.25. The second-order valence-corrected chi connectivity index (χ2v) is 4.62. The Balaban J connectivity index is 1.75. The van der Waals surface area contributed by atoms with Gasteiger partial charge in [0.2, 0.25) is 5.95 Å². The minimum atomic E-state index is -0.385. The molecule has 0 aliphatic rings. The average Bonchev–Trinajstić information content (AvgIpc) is 2.58. The summed E-state index contributed by atoms with van der Waals surface area (Å²) in [6.07, 6.45) is 1.48. The minimum Gasteiger partial charge on any atom is -0.497 e. The molecule has 23 heavy (non-hydrogen) atoms. The number of aromatic nitrogens is 3. The maximum atomic E-state index is 13.6. The molecule has 6 nitrogen and oxygen atoms in total. The topological polar surface area (TPSA) is 72.0 Å². The van der Waals surface area contributed by atoms with Gasteiger partial charge in [0.1, 0.15) is 11.6 Å². The largest absolute Gasteiger partial charge is 0.497 e. The first-order chi connectivity index (χ1) is 11.2. The molecule has 0 atom stereocenters. The van der Waals surface area contributed by atoms with Crippen molar-refractivity contribution in [2.75, 3.05) is 17.7 Å². The van der Waals surface area contributed by atoms with Gasteiger partial charge in [0.15, 0.2) is 5.82 Å². The van der Waals surface area contributed by atoms with E-state index in [-0.39, 0.29) is 17.5 Å². The van der Waals surface area contributed by atoms with Crippen molar-refractivity contribution >= 4 is 23.1 Å². The molecular weight excluding hydrogens is 297 g/mol. The number of halogens is 1. The van der Waals surface area contributed by atoms with Gasteiger partial charge in [-0.15, -0.1) is 5.10 Å². The zero-order chi connectivity index (χ0) is 16.1. The number of rotatable bonds is 5. The van der Waals surface area contributed by atoms with Crippen molar-refractivity contribution < 1.29 is 9.13 Å². The molecule has 2 aromatic carbocycles. The van der Waals surface area contributed by atoms with Crippen LogP contribution in [0.15, 0.2) is 54.7 Å². The molecule has 0 bridgehead atoms. The first-order valence-corrected chi connectivity index (χ1v) is 6.87. The summed E-state index contributed by atoms with van der Waals surface area (Å²) in [7, 11) is 1.61. The molecule has 1 heterocycles. The lowest BCUT2D eigenvalue weighted by Crippen LogP contribution is -2.03. The van der Waals surface area contributed by atoms with Gasteiger partial charge in [0.05, 0.1) is 19.0 Å². The molecule has 2 N–H and O–H groups in total. The van der Waals surface area contributed by atoms with Crippen LogP contribution in [0.3, 0.4) is 0 Å². The van der Waals surface area contributed by atoms with E-state index < -0.39 is 0 Å². The Morgan fingerprint density at radius 3 is 2.52 bits per heavy atom. The summed E-state index contributed by atoms with van der Waals surface area (Å²) in [6, 6.07) is 13.7. The highest BCUT2D eigenvalue weighted by Gasteiger charge is 2.05. The Morgan fingerprint density at radius 1 is 1.00 bits per heavy atom. The predicted molar refractivity (Wildman–Crippen MR) is 85.8 cm³/mol. The molecule has 3 rings (SSSR count). The molecule has 0 aliphatic carbocycles. The number of benzene rings is 2. The monoisotopic (exact) mass is 311 g/mol. The maximum absolute atomic E-state index is 13.6.